The van der Waals surface area contributed by atoms with Gasteiger partial charge in [0.1, 0.15) is 0 Å². The summed E-state index contributed by atoms with van der Waals surface area (Å²) in [6.07, 6.45) is 0.618. The lowest BCUT2D eigenvalue weighted by Gasteiger charge is -2.06. The predicted molar refractivity (Wildman–Crippen MR) is 59.6 cm³/mol. The van der Waals surface area contributed by atoms with Gasteiger partial charge in [-0.2, -0.15) is 5.10 Å². The number of H-pyrrole nitrogens is 1. The van der Waals surface area contributed by atoms with Crippen LogP contribution in [0.15, 0.2) is 6.07 Å². The average molecular weight is 210 g/mol. The summed E-state index contributed by atoms with van der Waals surface area (Å²) in [5, 5.41) is 9.51. The Morgan fingerprint density at radius 1 is 1.67 bits per heavy atom. The van der Waals surface area contributed by atoms with Gasteiger partial charge in [0, 0.05) is 11.8 Å². The van der Waals surface area contributed by atoms with Gasteiger partial charge in [-0.25, -0.2) is 0 Å². The van der Waals surface area contributed by atoms with Crippen molar-refractivity contribution in [2.45, 2.75) is 39.2 Å². The maximum Gasteiger partial charge on any atom is 0.242 e. The number of carbonyl (C=O) groups is 1. The van der Waals surface area contributed by atoms with Crippen molar-refractivity contribution in [1.29, 1.82) is 0 Å². The predicted octanol–water partition coefficient (Wildman–Crippen LogP) is 1.21. The van der Waals surface area contributed by atoms with Crippen molar-refractivity contribution in [3.05, 3.63) is 11.8 Å². The van der Waals surface area contributed by atoms with Gasteiger partial charge >= 0.3 is 0 Å². The number of anilines is 1. The van der Waals surface area contributed by atoms with Crippen LogP contribution in [0.2, 0.25) is 0 Å². The molecule has 0 bridgehead atoms. The average Bonchev–Trinajstić information content (AvgIpc) is 2.65. The zero-order valence-electron chi connectivity index (χ0n) is 9.37. The van der Waals surface area contributed by atoms with E-state index in [4.69, 9.17) is 5.73 Å². The number of rotatable bonds is 4. The summed E-state index contributed by atoms with van der Waals surface area (Å²) in [6, 6.07) is 1.36. The summed E-state index contributed by atoms with van der Waals surface area (Å²) in [7, 11) is 0. The molecule has 1 atom stereocenters. The minimum absolute atomic E-state index is 0.195. The largest absolute Gasteiger partial charge is 0.320 e. The van der Waals surface area contributed by atoms with Crippen molar-refractivity contribution in [2.24, 2.45) is 5.73 Å². The molecule has 0 spiro atoms. The maximum atomic E-state index is 11.4. The Bertz CT molecular complexity index is 332. The molecular weight excluding hydrogens is 192 g/mol. The molecule has 0 aromatic carbocycles. The summed E-state index contributed by atoms with van der Waals surface area (Å²) >= 11 is 0. The zero-order valence-corrected chi connectivity index (χ0v) is 9.37. The first-order chi connectivity index (χ1) is 7.04. The topological polar surface area (TPSA) is 83.8 Å². The third-order valence-electron chi connectivity index (χ3n) is 2.25. The molecule has 15 heavy (non-hydrogen) atoms. The highest BCUT2D eigenvalue weighted by molar-refractivity contribution is 5.93. The second kappa shape index (κ2) is 4.93. The van der Waals surface area contributed by atoms with Gasteiger partial charge in [-0.1, -0.05) is 20.8 Å². The van der Waals surface area contributed by atoms with E-state index >= 15 is 0 Å². The van der Waals surface area contributed by atoms with Crippen molar-refractivity contribution in [3.8, 4) is 0 Å². The Balaban J connectivity index is 2.61. The number of aromatic amines is 1. The smallest absolute Gasteiger partial charge is 0.242 e. The molecule has 84 valence electrons. The summed E-state index contributed by atoms with van der Waals surface area (Å²) in [4.78, 5) is 11.4. The maximum absolute atomic E-state index is 11.4. The Hall–Kier alpha value is -1.36. The van der Waals surface area contributed by atoms with Gasteiger partial charge in [-0.3, -0.25) is 9.89 Å². The summed E-state index contributed by atoms with van der Waals surface area (Å²) in [6.45, 7) is 5.97. The second-order valence-corrected chi connectivity index (χ2v) is 3.87. The van der Waals surface area contributed by atoms with E-state index in [1.807, 2.05) is 13.0 Å². The van der Waals surface area contributed by atoms with Crippen LogP contribution in [0.5, 0.6) is 0 Å². The SMILES string of the molecule is CC[C@H](N)C(=O)Nc1cc(C(C)C)[nH]n1. The highest BCUT2D eigenvalue weighted by Crippen LogP contribution is 2.14. The molecule has 0 unspecified atom stereocenters. The fourth-order valence-corrected chi connectivity index (χ4v) is 1.10. The molecule has 0 radical (unpaired) electrons. The summed E-state index contributed by atoms with van der Waals surface area (Å²) in [5.41, 5.74) is 6.58. The number of amides is 1. The van der Waals surface area contributed by atoms with Crippen molar-refractivity contribution in [3.63, 3.8) is 0 Å². The molecule has 0 aliphatic carbocycles. The van der Waals surface area contributed by atoms with E-state index in [0.717, 1.165) is 5.69 Å². The van der Waals surface area contributed by atoms with Gasteiger partial charge in [-0.05, 0) is 12.3 Å². The van der Waals surface area contributed by atoms with Crippen LogP contribution in [-0.4, -0.2) is 22.1 Å². The fourth-order valence-electron chi connectivity index (χ4n) is 1.10. The van der Waals surface area contributed by atoms with Gasteiger partial charge in [-0.15, -0.1) is 0 Å². The molecule has 1 rings (SSSR count). The van der Waals surface area contributed by atoms with Gasteiger partial charge in [0.2, 0.25) is 5.91 Å². The molecule has 5 nitrogen and oxygen atoms in total. The standard InChI is InChI=1S/C10H18N4O/c1-4-7(11)10(15)12-9-5-8(6(2)3)13-14-9/h5-7H,4,11H2,1-3H3,(H2,12,13,14,15)/t7-/m0/s1. The van der Waals surface area contributed by atoms with Gasteiger partial charge in [0.25, 0.3) is 0 Å². The van der Waals surface area contributed by atoms with Crippen molar-refractivity contribution in [2.75, 3.05) is 5.32 Å². The molecule has 0 aliphatic heterocycles. The summed E-state index contributed by atoms with van der Waals surface area (Å²) < 4.78 is 0. The quantitative estimate of drug-likeness (QED) is 0.698. The highest BCUT2D eigenvalue weighted by atomic mass is 16.2. The molecule has 4 N–H and O–H groups in total. The van der Waals surface area contributed by atoms with Gasteiger partial charge in [0.05, 0.1) is 6.04 Å². The van der Waals surface area contributed by atoms with E-state index in [0.29, 0.717) is 18.2 Å². The first kappa shape index (κ1) is 11.7. The van der Waals surface area contributed by atoms with Crippen LogP contribution in [0, 0.1) is 0 Å². The second-order valence-electron chi connectivity index (χ2n) is 3.87. The Labute approximate surface area is 89.4 Å². The lowest BCUT2D eigenvalue weighted by Crippen LogP contribution is -2.34. The number of hydrogen-bond donors (Lipinski definition) is 3. The molecule has 1 amide bonds. The number of carbonyl (C=O) groups excluding carboxylic acids is 1. The molecule has 5 heteroatoms. The van der Waals surface area contributed by atoms with Crippen LogP contribution in [0.3, 0.4) is 0 Å². The Morgan fingerprint density at radius 2 is 2.33 bits per heavy atom. The van der Waals surface area contributed by atoms with Crippen LogP contribution >= 0.6 is 0 Å². The molecule has 1 aromatic heterocycles. The molecular formula is C10H18N4O. The number of nitrogens with zero attached hydrogens (tertiary/aromatic N) is 1. The molecule has 0 saturated heterocycles. The van der Waals surface area contributed by atoms with Crippen molar-refractivity contribution >= 4 is 11.7 Å². The monoisotopic (exact) mass is 210 g/mol. The van der Waals surface area contributed by atoms with Crippen LogP contribution in [0.1, 0.15) is 38.8 Å². The van der Waals surface area contributed by atoms with E-state index in [2.05, 4.69) is 29.4 Å². The lowest BCUT2D eigenvalue weighted by molar-refractivity contribution is -0.117. The third kappa shape index (κ3) is 3.06. The van der Waals surface area contributed by atoms with Crippen molar-refractivity contribution < 1.29 is 4.79 Å². The number of aromatic nitrogens is 2. The first-order valence-corrected chi connectivity index (χ1v) is 5.16. The van der Waals surface area contributed by atoms with Crippen LogP contribution < -0.4 is 11.1 Å². The summed E-state index contributed by atoms with van der Waals surface area (Å²) in [5.74, 6) is 0.704. The highest BCUT2D eigenvalue weighted by Gasteiger charge is 2.13. The van der Waals surface area contributed by atoms with E-state index in [1.54, 1.807) is 0 Å². The number of nitrogens with one attached hydrogen (secondary N) is 2. The van der Waals surface area contributed by atoms with E-state index in [9.17, 15) is 4.79 Å². The molecule has 0 fully saturated rings. The molecule has 1 aromatic rings. The van der Waals surface area contributed by atoms with E-state index < -0.39 is 6.04 Å². The van der Waals surface area contributed by atoms with E-state index in [1.165, 1.54) is 0 Å². The third-order valence-corrected chi connectivity index (χ3v) is 2.25. The minimum atomic E-state index is -0.468. The van der Waals surface area contributed by atoms with Crippen LogP contribution in [0.25, 0.3) is 0 Å². The Kier molecular flexibility index (Phi) is 3.85. The molecule has 0 aliphatic rings. The fraction of sp³-hybridized carbons (Fsp3) is 0.600. The zero-order chi connectivity index (χ0) is 11.4. The van der Waals surface area contributed by atoms with Gasteiger partial charge in [0.15, 0.2) is 5.82 Å². The van der Waals surface area contributed by atoms with Crippen LogP contribution in [0.4, 0.5) is 5.82 Å². The lowest BCUT2D eigenvalue weighted by atomic mass is 10.1. The number of nitrogens with two attached hydrogens (primary N) is 1. The Morgan fingerprint density at radius 3 is 2.80 bits per heavy atom. The minimum Gasteiger partial charge on any atom is -0.320 e. The number of hydrogen-bond acceptors (Lipinski definition) is 3. The van der Waals surface area contributed by atoms with Crippen molar-refractivity contribution in [1.82, 2.24) is 10.2 Å². The van der Waals surface area contributed by atoms with Crippen LogP contribution in [-0.2, 0) is 4.79 Å². The van der Waals surface area contributed by atoms with Gasteiger partial charge < -0.3 is 11.1 Å². The normalized spacial score (nSPS) is 12.9. The first-order valence-electron chi connectivity index (χ1n) is 5.16. The molecule has 1 heterocycles. The van der Waals surface area contributed by atoms with E-state index in [-0.39, 0.29) is 5.91 Å². The molecule has 0 saturated carbocycles.